The molecule has 3 aromatic carbocycles. The minimum atomic E-state index is -0.426. The van der Waals surface area contributed by atoms with Gasteiger partial charge in [-0.3, -0.25) is 0 Å². The molecule has 3 aliphatic heterocycles. The normalized spacial score (nSPS) is 17.4. The van der Waals surface area contributed by atoms with Crippen LogP contribution < -0.4 is 14.2 Å². The van der Waals surface area contributed by atoms with Crippen molar-refractivity contribution in [3.8, 4) is 17.2 Å². The summed E-state index contributed by atoms with van der Waals surface area (Å²) in [6, 6.07) is 15.7. The molecule has 3 unspecified atom stereocenters. The van der Waals surface area contributed by atoms with Crippen LogP contribution in [0.2, 0.25) is 0 Å². The van der Waals surface area contributed by atoms with E-state index < -0.39 is 5.41 Å². The zero-order valence-electron chi connectivity index (χ0n) is 38.5. The molecule has 0 radical (unpaired) electrons. The zero-order chi connectivity index (χ0) is 42.0. The van der Waals surface area contributed by atoms with Crippen LogP contribution in [0.5, 0.6) is 17.2 Å². The van der Waals surface area contributed by atoms with E-state index in [4.69, 9.17) is 28.4 Å². The summed E-state index contributed by atoms with van der Waals surface area (Å²) < 4.78 is 34.5. The highest BCUT2D eigenvalue weighted by Crippen LogP contribution is 2.44. The van der Waals surface area contributed by atoms with Crippen molar-refractivity contribution in [3.05, 3.63) is 87.0 Å². The summed E-state index contributed by atoms with van der Waals surface area (Å²) in [5.74, 6) is 2.79. The summed E-state index contributed by atoms with van der Waals surface area (Å²) in [7, 11) is 0. The fourth-order valence-corrected chi connectivity index (χ4v) is 5.58. The lowest BCUT2D eigenvalue weighted by atomic mass is 9.69. The molecule has 6 nitrogen and oxygen atoms in total. The fraction of sp³-hybridized carbons (Fsp3) is 0.625. The van der Waals surface area contributed by atoms with E-state index in [9.17, 15) is 0 Å². The smallest absolute Gasteiger partial charge is 0.125 e. The lowest BCUT2D eigenvalue weighted by molar-refractivity contribution is 0.260. The summed E-state index contributed by atoms with van der Waals surface area (Å²) in [6.45, 7) is 45.1. The topological polar surface area (TPSA) is 65.3 Å². The van der Waals surface area contributed by atoms with Gasteiger partial charge >= 0.3 is 0 Å². The lowest BCUT2D eigenvalue weighted by Gasteiger charge is -2.34. The molecule has 3 aromatic rings. The Labute approximate surface area is 333 Å². The first-order valence-electron chi connectivity index (χ1n) is 21.3. The van der Waals surface area contributed by atoms with E-state index in [0.717, 1.165) is 64.9 Å². The molecule has 0 N–H and O–H groups in total. The van der Waals surface area contributed by atoms with E-state index >= 15 is 0 Å². The number of hydrogen-bond acceptors (Lipinski definition) is 6. The van der Waals surface area contributed by atoms with Crippen LogP contribution in [-0.4, -0.2) is 58.0 Å². The number of benzene rings is 3. The minimum absolute atomic E-state index is 0.220. The van der Waals surface area contributed by atoms with Crippen LogP contribution in [0, 0.1) is 34.6 Å². The Morgan fingerprint density at radius 3 is 1.00 bits per heavy atom. The van der Waals surface area contributed by atoms with E-state index in [0.29, 0.717) is 19.8 Å². The Morgan fingerprint density at radius 2 is 0.722 bits per heavy atom. The van der Waals surface area contributed by atoms with E-state index in [2.05, 4.69) is 84.0 Å². The molecule has 3 atom stereocenters. The second-order valence-electron chi connectivity index (χ2n) is 11.8. The summed E-state index contributed by atoms with van der Waals surface area (Å²) in [5.41, 5.74) is 8.83. The Hall–Kier alpha value is -3.06. The Morgan fingerprint density at radius 1 is 0.444 bits per heavy atom. The second-order valence-corrected chi connectivity index (χ2v) is 11.8. The second kappa shape index (κ2) is 29.3. The maximum atomic E-state index is 6.18. The predicted molar refractivity (Wildman–Crippen MR) is 234 cm³/mol. The molecule has 3 fully saturated rings. The van der Waals surface area contributed by atoms with Gasteiger partial charge in [0.25, 0.3) is 0 Å². The fourth-order valence-electron chi connectivity index (χ4n) is 5.58. The average Bonchev–Trinajstić information content (AvgIpc) is 4.05. The number of ether oxygens (including phenoxy) is 6. The van der Waals surface area contributed by atoms with Crippen LogP contribution >= 0.6 is 0 Å². The molecule has 0 spiro atoms. The molecule has 310 valence electrons. The van der Waals surface area contributed by atoms with Gasteiger partial charge in [-0.25, -0.2) is 0 Å². The highest BCUT2D eigenvalue weighted by Gasteiger charge is 2.34. The summed E-state index contributed by atoms with van der Waals surface area (Å²) >= 11 is 0. The van der Waals surface area contributed by atoms with E-state index in [-0.39, 0.29) is 18.3 Å². The van der Waals surface area contributed by atoms with Gasteiger partial charge in [-0.2, -0.15) is 0 Å². The van der Waals surface area contributed by atoms with Gasteiger partial charge in [-0.15, -0.1) is 0 Å². The van der Waals surface area contributed by atoms with Crippen LogP contribution in [-0.2, 0) is 19.6 Å². The highest BCUT2D eigenvalue weighted by molar-refractivity contribution is 5.58. The molecule has 3 saturated heterocycles. The van der Waals surface area contributed by atoms with Crippen molar-refractivity contribution < 1.29 is 28.4 Å². The molecule has 54 heavy (non-hydrogen) atoms. The van der Waals surface area contributed by atoms with Gasteiger partial charge in [-0.1, -0.05) is 133 Å². The van der Waals surface area contributed by atoms with Crippen LogP contribution in [0.4, 0.5) is 0 Å². The summed E-state index contributed by atoms with van der Waals surface area (Å²) in [4.78, 5) is 0. The molecule has 3 aliphatic rings. The van der Waals surface area contributed by atoms with Gasteiger partial charge in [0.15, 0.2) is 0 Å². The van der Waals surface area contributed by atoms with Crippen molar-refractivity contribution in [2.75, 3.05) is 39.6 Å². The van der Waals surface area contributed by atoms with Crippen molar-refractivity contribution in [3.63, 3.8) is 0 Å². The lowest BCUT2D eigenvalue weighted by Crippen LogP contribution is -2.26. The minimum Gasteiger partial charge on any atom is -0.491 e. The quantitative estimate of drug-likeness (QED) is 0.135. The van der Waals surface area contributed by atoms with Crippen LogP contribution in [0.25, 0.3) is 0 Å². The monoisotopic (exact) mass is 755 g/mol. The van der Waals surface area contributed by atoms with Gasteiger partial charge < -0.3 is 28.4 Å². The third-order valence-corrected chi connectivity index (χ3v) is 8.29. The first-order chi connectivity index (χ1) is 26.2. The molecular weight excluding hydrogens is 673 g/mol. The Balaban J connectivity index is 0. The highest BCUT2D eigenvalue weighted by atomic mass is 16.6. The first-order valence-corrected chi connectivity index (χ1v) is 21.3. The van der Waals surface area contributed by atoms with Gasteiger partial charge in [0.2, 0.25) is 0 Å². The molecule has 0 aliphatic carbocycles. The number of rotatable bonds is 12. The maximum Gasteiger partial charge on any atom is 0.125 e. The van der Waals surface area contributed by atoms with Crippen molar-refractivity contribution in [1.29, 1.82) is 0 Å². The molecule has 3 heterocycles. The average molecular weight is 755 g/mol. The number of aryl methyl sites for hydroxylation is 5. The predicted octanol–water partition coefficient (Wildman–Crippen LogP) is 13.1. The van der Waals surface area contributed by atoms with E-state index in [1.165, 1.54) is 16.7 Å². The molecule has 0 saturated carbocycles. The first kappa shape index (κ1) is 53.0. The molecule has 6 rings (SSSR count). The van der Waals surface area contributed by atoms with Gasteiger partial charge in [0, 0.05) is 5.41 Å². The van der Waals surface area contributed by atoms with Crippen LogP contribution in [0.1, 0.15) is 148 Å². The summed E-state index contributed by atoms with van der Waals surface area (Å²) in [6.07, 6.45) is 0.662. The molecule has 0 bridgehead atoms. The Kier molecular flexibility index (Phi) is 28.7. The van der Waals surface area contributed by atoms with Gasteiger partial charge in [0.1, 0.15) is 55.4 Å². The Bertz CT molecular complexity index is 1280. The standard InChI is InChI=1S/C34H40O6.7C2H6/c1-20-9-25(7-8-31(20)38-17-28-14-35-28)34(6,26-10-21(2)32(22(3)11-26)39-18-29-15-36-29)27-12-23(4)33(24(5)13-27)40-19-30-16-37-30;7*1-2/h7-13,28-30H,14-19H2,1-6H3;7*1-2H3. The zero-order valence-corrected chi connectivity index (χ0v) is 38.5. The van der Waals surface area contributed by atoms with E-state index in [1.54, 1.807) is 0 Å². The largest absolute Gasteiger partial charge is 0.491 e. The van der Waals surface area contributed by atoms with Gasteiger partial charge in [0.05, 0.1) is 19.8 Å². The maximum absolute atomic E-state index is 6.18. The van der Waals surface area contributed by atoms with Crippen LogP contribution in [0.15, 0.2) is 42.5 Å². The van der Waals surface area contributed by atoms with Crippen LogP contribution in [0.3, 0.4) is 0 Å². The number of hydrogen-bond donors (Lipinski definition) is 0. The molecule has 0 amide bonds. The van der Waals surface area contributed by atoms with Gasteiger partial charge in [-0.05, 0) is 92.1 Å². The van der Waals surface area contributed by atoms with Crippen molar-refractivity contribution >= 4 is 0 Å². The molecular formula is C48H82O6. The third-order valence-electron chi connectivity index (χ3n) is 8.29. The SMILES string of the molecule is CC.CC.CC.CC.CC.CC.CC.Cc1cc(C(C)(c2cc(C)c(OCC3CO3)c(C)c2)c2cc(C)c(OCC3CO3)c(C)c2)ccc1OCC1CO1. The van der Waals surface area contributed by atoms with Crippen molar-refractivity contribution in [2.24, 2.45) is 0 Å². The molecule has 0 aromatic heterocycles. The third kappa shape index (κ3) is 16.0. The number of epoxide rings is 3. The van der Waals surface area contributed by atoms with Crippen molar-refractivity contribution in [1.82, 2.24) is 0 Å². The van der Waals surface area contributed by atoms with E-state index in [1.807, 2.05) is 96.9 Å². The van der Waals surface area contributed by atoms with Crippen molar-refractivity contribution in [2.45, 2.75) is 162 Å². The molecule has 6 heteroatoms. The summed E-state index contributed by atoms with van der Waals surface area (Å²) in [5, 5.41) is 0.